The molecule has 0 aliphatic heterocycles. The zero-order valence-corrected chi connectivity index (χ0v) is 13.5. The van der Waals surface area contributed by atoms with Crippen molar-refractivity contribution < 1.29 is 4.79 Å². The summed E-state index contributed by atoms with van der Waals surface area (Å²) in [5.41, 5.74) is 2.34. The molecular formula is C15H16ClN3OS. The lowest BCUT2D eigenvalue weighted by atomic mass is 10.1. The Hall–Kier alpha value is -1.59. The fraction of sp³-hybridized carbons (Fsp3) is 0.267. The molecule has 4 nitrogen and oxygen atoms in total. The van der Waals surface area contributed by atoms with Crippen molar-refractivity contribution >= 4 is 29.3 Å². The van der Waals surface area contributed by atoms with Gasteiger partial charge in [-0.25, -0.2) is 9.97 Å². The lowest BCUT2D eigenvalue weighted by Crippen LogP contribution is -2.26. The quantitative estimate of drug-likeness (QED) is 0.679. The van der Waals surface area contributed by atoms with Gasteiger partial charge in [-0.15, -0.1) is 0 Å². The van der Waals surface area contributed by atoms with Crippen molar-refractivity contribution in [1.82, 2.24) is 15.3 Å². The van der Waals surface area contributed by atoms with Gasteiger partial charge in [0.2, 0.25) is 0 Å². The van der Waals surface area contributed by atoms with E-state index in [9.17, 15) is 4.79 Å². The van der Waals surface area contributed by atoms with E-state index in [0.29, 0.717) is 28.0 Å². The van der Waals surface area contributed by atoms with Crippen molar-refractivity contribution in [2.24, 2.45) is 0 Å². The average molecular weight is 322 g/mol. The van der Waals surface area contributed by atoms with E-state index in [4.69, 9.17) is 11.6 Å². The third-order valence-electron chi connectivity index (χ3n) is 3.00. The molecule has 110 valence electrons. The van der Waals surface area contributed by atoms with Crippen LogP contribution in [0.2, 0.25) is 5.02 Å². The first kappa shape index (κ1) is 15.8. The monoisotopic (exact) mass is 321 g/mol. The molecule has 0 aliphatic carbocycles. The number of carbonyl (C=O) groups is 1. The minimum absolute atomic E-state index is 0.144. The highest BCUT2D eigenvalue weighted by Crippen LogP contribution is 2.12. The van der Waals surface area contributed by atoms with Crippen LogP contribution in [0, 0.1) is 6.92 Å². The molecule has 1 amide bonds. The summed E-state index contributed by atoms with van der Waals surface area (Å²) in [7, 11) is 0. The molecule has 0 saturated heterocycles. The van der Waals surface area contributed by atoms with Gasteiger partial charge in [0.05, 0.1) is 11.3 Å². The van der Waals surface area contributed by atoms with E-state index in [1.807, 2.05) is 37.4 Å². The van der Waals surface area contributed by atoms with E-state index in [0.717, 1.165) is 12.0 Å². The summed E-state index contributed by atoms with van der Waals surface area (Å²) in [6.45, 7) is 2.37. The summed E-state index contributed by atoms with van der Waals surface area (Å²) < 4.78 is 0. The Balaban J connectivity index is 1.91. The van der Waals surface area contributed by atoms with E-state index < -0.39 is 0 Å². The molecule has 1 heterocycles. The SMILES string of the molecule is CSc1ncc(C(=O)NCCc2ccc(Cl)cc2)c(C)n1. The van der Waals surface area contributed by atoms with Crippen LogP contribution in [-0.4, -0.2) is 28.7 Å². The first-order valence-electron chi connectivity index (χ1n) is 6.50. The molecule has 1 N–H and O–H groups in total. The summed E-state index contributed by atoms with van der Waals surface area (Å²) in [6, 6.07) is 7.60. The van der Waals surface area contributed by atoms with Gasteiger partial charge >= 0.3 is 0 Å². The molecule has 6 heteroatoms. The highest BCUT2D eigenvalue weighted by Gasteiger charge is 2.11. The van der Waals surface area contributed by atoms with E-state index in [2.05, 4.69) is 15.3 Å². The summed E-state index contributed by atoms with van der Waals surface area (Å²) in [5, 5.41) is 4.27. The Labute approximate surface area is 133 Å². The summed E-state index contributed by atoms with van der Waals surface area (Å²) in [6.07, 6.45) is 4.23. The number of aromatic nitrogens is 2. The largest absolute Gasteiger partial charge is 0.352 e. The second kappa shape index (κ2) is 7.43. The Kier molecular flexibility index (Phi) is 5.59. The molecule has 0 atom stereocenters. The Bertz CT molecular complexity index is 631. The molecule has 2 rings (SSSR count). The van der Waals surface area contributed by atoms with E-state index in [1.165, 1.54) is 11.8 Å². The zero-order chi connectivity index (χ0) is 15.2. The summed E-state index contributed by atoms with van der Waals surface area (Å²) >= 11 is 7.29. The Morgan fingerprint density at radius 1 is 1.33 bits per heavy atom. The molecule has 0 radical (unpaired) electrons. The van der Waals surface area contributed by atoms with Crippen LogP contribution in [0.3, 0.4) is 0 Å². The topological polar surface area (TPSA) is 54.9 Å². The molecule has 1 aromatic heterocycles. The highest BCUT2D eigenvalue weighted by atomic mass is 35.5. The number of amides is 1. The van der Waals surface area contributed by atoms with Gasteiger partial charge in [0, 0.05) is 17.8 Å². The van der Waals surface area contributed by atoms with Gasteiger partial charge < -0.3 is 5.32 Å². The Morgan fingerprint density at radius 2 is 2.05 bits per heavy atom. The predicted molar refractivity (Wildman–Crippen MR) is 86.0 cm³/mol. The minimum Gasteiger partial charge on any atom is -0.352 e. The average Bonchev–Trinajstić information content (AvgIpc) is 2.49. The maximum absolute atomic E-state index is 12.1. The zero-order valence-electron chi connectivity index (χ0n) is 11.9. The fourth-order valence-electron chi connectivity index (χ4n) is 1.83. The van der Waals surface area contributed by atoms with E-state index in [-0.39, 0.29) is 5.91 Å². The number of nitrogens with zero attached hydrogens (tertiary/aromatic N) is 2. The highest BCUT2D eigenvalue weighted by molar-refractivity contribution is 7.98. The maximum atomic E-state index is 12.1. The molecule has 0 aliphatic rings. The number of benzene rings is 1. The van der Waals surface area contributed by atoms with Crippen LogP contribution in [0.15, 0.2) is 35.6 Å². The van der Waals surface area contributed by atoms with Crippen LogP contribution in [-0.2, 0) is 6.42 Å². The van der Waals surface area contributed by atoms with Gasteiger partial charge in [0.1, 0.15) is 0 Å². The standard InChI is InChI=1S/C15H16ClN3OS/c1-10-13(9-18-15(19-10)21-2)14(20)17-8-7-11-3-5-12(16)6-4-11/h3-6,9H,7-8H2,1-2H3,(H,17,20). The summed E-state index contributed by atoms with van der Waals surface area (Å²) in [5.74, 6) is -0.144. The van der Waals surface area contributed by atoms with Gasteiger partial charge in [-0.05, 0) is 37.3 Å². The third kappa shape index (κ3) is 4.44. The predicted octanol–water partition coefficient (Wildman–Crippen LogP) is 3.13. The number of halogens is 1. The summed E-state index contributed by atoms with van der Waals surface area (Å²) in [4.78, 5) is 20.5. The molecule has 0 fully saturated rings. The maximum Gasteiger partial charge on any atom is 0.254 e. The second-order valence-electron chi connectivity index (χ2n) is 4.49. The number of rotatable bonds is 5. The van der Waals surface area contributed by atoms with Crippen molar-refractivity contribution in [2.75, 3.05) is 12.8 Å². The first-order chi connectivity index (χ1) is 10.1. The Morgan fingerprint density at radius 3 is 2.67 bits per heavy atom. The first-order valence-corrected chi connectivity index (χ1v) is 8.10. The van der Waals surface area contributed by atoms with Crippen LogP contribution in [0.5, 0.6) is 0 Å². The van der Waals surface area contributed by atoms with Gasteiger partial charge in [0.15, 0.2) is 5.16 Å². The molecule has 0 unspecified atom stereocenters. The van der Waals surface area contributed by atoms with Gasteiger partial charge in [0.25, 0.3) is 5.91 Å². The number of aryl methyl sites for hydroxylation is 1. The molecule has 0 saturated carbocycles. The number of nitrogens with one attached hydrogen (secondary N) is 1. The van der Waals surface area contributed by atoms with Crippen LogP contribution in [0.1, 0.15) is 21.6 Å². The van der Waals surface area contributed by atoms with E-state index in [1.54, 1.807) is 6.20 Å². The number of thioether (sulfide) groups is 1. The lowest BCUT2D eigenvalue weighted by molar-refractivity contribution is 0.0952. The number of hydrogen-bond acceptors (Lipinski definition) is 4. The van der Waals surface area contributed by atoms with Crippen molar-refractivity contribution in [1.29, 1.82) is 0 Å². The van der Waals surface area contributed by atoms with Crippen molar-refractivity contribution in [3.8, 4) is 0 Å². The van der Waals surface area contributed by atoms with Crippen LogP contribution in [0.25, 0.3) is 0 Å². The smallest absolute Gasteiger partial charge is 0.254 e. The van der Waals surface area contributed by atoms with Gasteiger partial charge in [-0.3, -0.25) is 4.79 Å². The normalized spacial score (nSPS) is 10.4. The third-order valence-corrected chi connectivity index (χ3v) is 3.81. The van der Waals surface area contributed by atoms with Crippen molar-refractivity contribution in [3.05, 3.63) is 52.3 Å². The molecule has 21 heavy (non-hydrogen) atoms. The lowest BCUT2D eigenvalue weighted by Gasteiger charge is -2.07. The molecule has 0 bridgehead atoms. The number of carbonyl (C=O) groups excluding carboxylic acids is 1. The van der Waals surface area contributed by atoms with Crippen molar-refractivity contribution in [3.63, 3.8) is 0 Å². The molecular weight excluding hydrogens is 306 g/mol. The minimum atomic E-state index is -0.144. The molecule has 2 aromatic rings. The number of hydrogen-bond donors (Lipinski definition) is 1. The van der Waals surface area contributed by atoms with Crippen LogP contribution in [0.4, 0.5) is 0 Å². The van der Waals surface area contributed by atoms with Crippen LogP contribution >= 0.6 is 23.4 Å². The van der Waals surface area contributed by atoms with Gasteiger partial charge in [-0.2, -0.15) is 0 Å². The second-order valence-corrected chi connectivity index (χ2v) is 5.70. The van der Waals surface area contributed by atoms with Crippen LogP contribution < -0.4 is 5.32 Å². The van der Waals surface area contributed by atoms with E-state index >= 15 is 0 Å². The fourth-order valence-corrected chi connectivity index (χ4v) is 2.35. The molecule has 0 spiro atoms. The van der Waals surface area contributed by atoms with Gasteiger partial charge in [-0.1, -0.05) is 35.5 Å². The van der Waals surface area contributed by atoms with Crippen molar-refractivity contribution in [2.45, 2.75) is 18.5 Å². The molecule has 1 aromatic carbocycles.